The molecule has 2 nitrogen and oxygen atoms in total. The first-order chi connectivity index (χ1) is 3.66. The summed E-state index contributed by atoms with van der Waals surface area (Å²) >= 11 is 0. The quantitative estimate of drug-likeness (QED) is 0.295. The van der Waals surface area contributed by atoms with Gasteiger partial charge >= 0.3 is 8.05 Å². The maximum atomic E-state index is 10.2. The van der Waals surface area contributed by atoms with Crippen LogP contribution in [0.5, 0.6) is 0 Å². The Balaban J connectivity index is 3.75. The zero-order valence-electron chi connectivity index (χ0n) is 4.97. The number of hydrogen-bond donors (Lipinski definition) is 0. The molecule has 2 radical (unpaired) electrons. The van der Waals surface area contributed by atoms with E-state index in [1.807, 2.05) is 0 Å². The number of carbonyl (C=O) groups excluding carboxylic acids is 1. The molecule has 0 saturated heterocycles. The molecule has 0 heterocycles. The standard InChI is InChI=1S/C5H7BO2/c1-4(7)3-5(2)8-6/h3H,1-2H3/b5-3-. The van der Waals surface area contributed by atoms with Gasteiger partial charge in [-0.3, -0.25) is 4.79 Å². The van der Waals surface area contributed by atoms with Crippen molar-refractivity contribution < 1.29 is 9.45 Å². The fourth-order valence-corrected chi connectivity index (χ4v) is 0.320. The lowest BCUT2D eigenvalue weighted by molar-refractivity contribution is -0.112. The summed E-state index contributed by atoms with van der Waals surface area (Å²) in [6.07, 6.45) is 1.32. The molecule has 0 rings (SSSR count). The largest absolute Gasteiger partial charge is 0.571 e. The van der Waals surface area contributed by atoms with Gasteiger partial charge in [0.1, 0.15) is 0 Å². The van der Waals surface area contributed by atoms with Crippen molar-refractivity contribution in [1.29, 1.82) is 0 Å². The van der Waals surface area contributed by atoms with Crippen LogP contribution in [-0.2, 0) is 9.45 Å². The van der Waals surface area contributed by atoms with Gasteiger partial charge in [0.2, 0.25) is 0 Å². The lowest BCUT2D eigenvalue weighted by atomic mass is 10.3. The summed E-state index contributed by atoms with van der Waals surface area (Å²) in [5, 5.41) is 0. The lowest BCUT2D eigenvalue weighted by Gasteiger charge is -1.94. The Morgan fingerprint density at radius 2 is 2.12 bits per heavy atom. The minimum Gasteiger partial charge on any atom is -0.571 e. The third-order valence-corrected chi connectivity index (χ3v) is 0.592. The summed E-state index contributed by atoms with van der Waals surface area (Å²) in [5.74, 6) is 0.366. The van der Waals surface area contributed by atoms with Gasteiger partial charge < -0.3 is 4.65 Å². The van der Waals surface area contributed by atoms with Crippen molar-refractivity contribution in [3.05, 3.63) is 11.8 Å². The van der Waals surface area contributed by atoms with Crippen molar-refractivity contribution in [3.8, 4) is 0 Å². The molecule has 0 N–H and O–H groups in total. The number of carbonyl (C=O) groups is 1. The molecular weight excluding hydrogens is 103 g/mol. The summed E-state index contributed by atoms with van der Waals surface area (Å²) in [6.45, 7) is 3.05. The second kappa shape index (κ2) is 3.30. The summed E-state index contributed by atoms with van der Waals surface area (Å²) in [7, 11) is 4.70. The van der Waals surface area contributed by atoms with Crippen LogP contribution in [0.2, 0.25) is 0 Å². The molecule has 8 heavy (non-hydrogen) atoms. The van der Waals surface area contributed by atoms with Gasteiger partial charge in [0.15, 0.2) is 5.78 Å². The smallest absolute Gasteiger partial charge is 0.373 e. The van der Waals surface area contributed by atoms with E-state index in [1.165, 1.54) is 13.0 Å². The summed E-state index contributed by atoms with van der Waals surface area (Å²) in [6, 6.07) is 0. The van der Waals surface area contributed by atoms with Crippen LogP contribution >= 0.6 is 0 Å². The highest BCUT2D eigenvalue weighted by Crippen LogP contribution is 1.89. The van der Waals surface area contributed by atoms with Crippen molar-refractivity contribution in [3.63, 3.8) is 0 Å². The van der Waals surface area contributed by atoms with Crippen molar-refractivity contribution in [2.75, 3.05) is 0 Å². The SMILES string of the molecule is [B]O/C(C)=C\C(C)=O. The molecule has 0 bridgehead atoms. The van der Waals surface area contributed by atoms with E-state index in [-0.39, 0.29) is 5.78 Å². The molecule has 0 fully saturated rings. The zero-order valence-corrected chi connectivity index (χ0v) is 4.97. The average Bonchev–Trinajstić information content (AvgIpc) is 1.65. The third-order valence-electron chi connectivity index (χ3n) is 0.592. The Hall–Kier alpha value is -0.725. The normalized spacial score (nSPS) is 11.0. The van der Waals surface area contributed by atoms with E-state index in [9.17, 15) is 4.79 Å². The molecule has 0 amide bonds. The topological polar surface area (TPSA) is 26.3 Å². The minimum absolute atomic E-state index is 0.0621. The van der Waals surface area contributed by atoms with Crippen LogP contribution in [0.15, 0.2) is 11.8 Å². The molecule has 42 valence electrons. The van der Waals surface area contributed by atoms with E-state index in [1.54, 1.807) is 6.92 Å². The van der Waals surface area contributed by atoms with E-state index in [0.717, 1.165) is 0 Å². The number of ketones is 1. The molecule has 0 aromatic rings. The van der Waals surface area contributed by atoms with Crippen molar-refractivity contribution >= 4 is 13.8 Å². The van der Waals surface area contributed by atoms with Crippen LogP contribution in [-0.4, -0.2) is 13.8 Å². The highest BCUT2D eigenvalue weighted by atomic mass is 16.4. The van der Waals surface area contributed by atoms with Gasteiger partial charge in [-0.05, 0) is 13.8 Å². The molecule has 0 spiro atoms. The highest BCUT2D eigenvalue weighted by molar-refractivity contribution is 5.99. The first kappa shape index (κ1) is 7.27. The Labute approximate surface area is 50.0 Å². The zero-order chi connectivity index (χ0) is 6.57. The molecule has 3 heteroatoms. The molecule has 0 atom stereocenters. The summed E-state index contributed by atoms with van der Waals surface area (Å²) in [5.41, 5.74) is 0. The maximum Gasteiger partial charge on any atom is 0.373 e. The first-order valence-corrected chi connectivity index (χ1v) is 2.22. The molecule has 0 aliphatic rings. The predicted octanol–water partition coefficient (Wildman–Crippen LogP) is 0.579. The summed E-state index contributed by atoms with van der Waals surface area (Å²) < 4.78 is 4.20. The van der Waals surface area contributed by atoms with Gasteiger partial charge in [-0.25, -0.2) is 0 Å². The van der Waals surface area contributed by atoms with Crippen molar-refractivity contribution in [2.24, 2.45) is 0 Å². The molecule has 0 unspecified atom stereocenters. The fourth-order valence-electron chi connectivity index (χ4n) is 0.320. The second-order valence-corrected chi connectivity index (χ2v) is 1.48. The second-order valence-electron chi connectivity index (χ2n) is 1.48. The van der Waals surface area contributed by atoms with Gasteiger partial charge in [0.25, 0.3) is 0 Å². The molecule has 0 aliphatic heterocycles. The van der Waals surface area contributed by atoms with E-state index >= 15 is 0 Å². The van der Waals surface area contributed by atoms with E-state index in [4.69, 9.17) is 8.05 Å². The number of hydrogen-bond acceptors (Lipinski definition) is 2. The molecule has 0 aliphatic carbocycles. The lowest BCUT2D eigenvalue weighted by Crippen LogP contribution is -1.87. The van der Waals surface area contributed by atoms with Crippen LogP contribution < -0.4 is 0 Å². The summed E-state index contributed by atoms with van der Waals surface area (Å²) in [4.78, 5) is 10.2. The molecule has 0 aromatic heterocycles. The first-order valence-electron chi connectivity index (χ1n) is 2.22. The van der Waals surface area contributed by atoms with Crippen LogP contribution in [0.4, 0.5) is 0 Å². The van der Waals surface area contributed by atoms with E-state index in [2.05, 4.69) is 4.65 Å². The van der Waals surface area contributed by atoms with Gasteiger partial charge in [0, 0.05) is 6.08 Å². The molecule has 0 saturated carbocycles. The third kappa shape index (κ3) is 3.46. The van der Waals surface area contributed by atoms with Crippen LogP contribution in [0, 0.1) is 0 Å². The Bertz CT molecular complexity index is 118. The van der Waals surface area contributed by atoms with Crippen LogP contribution in [0.25, 0.3) is 0 Å². The van der Waals surface area contributed by atoms with Gasteiger partial charge in [-0.1, -0.05) is 0 Å². The van der Waals surface area contributed by atoms with Gasteiger partial charge in [-0.15, -0.1) is 0 Å². The van der Waals surface area contributed by atoms with E-state index < -0.39 is 0 Å². The number of allylic oxidation sites excluding steroid dienone is 2. The Kier molecular flexibility index (Phi) is 3.00. The molecular formula is C5H7BO2. The Morgan fingerprint density at radius 3 is 2.25 bits per heavy atom. The van der Waals surface area contributed by atoms with Crippen LogP contribution in [0.1, 0.15) is 13.8 Å². The predicted molar refractivity (Wildman–Crippen MR) is 31.3 cm³/mol. The monoisotopic (exact) mass is 110 g/mol. The van der Waals surface area contributed by atoms with Crippen molar-refractivity contribution in [2.45, 2.75) is 13.8 Å². The Morgan fingerprint density at radius 1 is 1.62 bits per heavy atom. The maximum absolute atomic E-state index is 10.2. The van der Waals surface area contributed by atoms with Crippen LogP contribution in [0.3, 0.4) is 0 Å². The number of rotatable bonds is 2. The highest BCUT2D eigenvalue weighted by Gasteiger charge is 1.85. The van der Waals surface area contributed by atoms with E-state index in [0.29, 0.717) is 5.76 Å². The van der Waals surface area contributed by atoms with Gasteiger partial charge in [0.05, 0.1) is 5.76 Å². The van der Waals surface area contributed by atoms with Crippen molar-refractivity contribution in [1.82, 2.24) is 0 Å². The minimum atomic E-state index is -0.0621. The van der Waals surface area contributed by atoms with Gasteiger partial charge in [-0.2, -0.15) is 0 Å². The molecule has 0 aromatic carbocycles. The fraction of sp³-hybridized carbons (Fsp3) is 0.400. The average molecular weight is 110 g/mol.